The highest BCUT2D eigenvalue weighted by molar-refractivity contribution is 5.94. The summed E-state index contributed by atoms with van der Waals surface area (Å²) in [6.07, 6.45) is 5.27. The van der Waals surface area contributed by atoms with Gasteiger partial charge in [-0.15, -0.1) is 0 Å². The van der Waals surface area contributed by atoms with Gasteiger partial charge in [0.2, 0.25) is 5.91 Å². The van der Waals surface area contributed by atoms with Crippen LogP contribution in [0.25, 0.3) is 22.3 Å². The number of carbonyl (C=O) groups excluding carboxylic acids is 1. The van der Waals surface area contributed by atoms with Crippen molar-refractivity contribution < 1.29 is 4.79 Å². The molecule has 0 bridgehead atoms. The van der Waals surface area contributed by atoms with E-state index in [0.29, 0.717) is 5.69 Å². The van der Waals surface area contributed by atoms with E-state index in [-0.39, 0.29) is 12.3 Å². The van der Waals surface area contributed by atoms with E-state index in [2.05, 4.69) is 15.3 Å². The van der Waals surface area contributed by atoms with Gasteiger partial charge in [-0.2, -0.15) is 0 Å². The molecule has 0 atom stereocenters. The number of benzene rings is 2. The first-order valence-electron chi connectivity index (χ1n) is 8.29. The summed E-state index contributed by atoms with van der Waals surface area (Å²) in [7, 11) is 0. The zero-order valence-electron chi connectivity index (χ0n) is 14.0. The first kappa shape index (κ1) is 15.9. The third-order valence-corrected chi connectivity index (χ3v) is 4.02. The minimum absolute atomic E-state index is 0.114. The maximum Gasteiger partial charge on any atom is 0.228 e. The lowest BCUT2D eigenvalue weighted by atomic mass is 10.1. The molecule has 2 aromatic heterocycles. The van der Waals surface area contributed by atoms with E-state index in [4.69, 9.17) is 4.98 Å². The van der Waals surface area contributed by atoms with Crippen LogP contribution in [0.2, 0.25) is 0 Å². The second kappa shape index (κ2) is 7.11. The standard InChI is InChI=1S/C21H16N4O/c26-20(24-17-9-5-11-22-13-17)12-16-8-4-10-18-21(16)25-19(14-23-18)15-6-2-1-3-7-15/h1-11,13-14H,12H2,(H,24,26). The highest BCUT2D eigenvalue weighted by atomic mass is 16.1. The van der Waals surface area contributed by atoms with Crippen molar-refractivity contribution in [2.24, 2.45) is 0 Å². The van der Waals surface area contributed by atoms with Crippen LogP contribution in [-0.2, 0) is 11.2 Å². The van der Waals surface area contributed by atoms with E-state index < -0.39 is 0 Å². The number of aromatic nitrogens is 3. The van der Waals surface area contributed by atoms with Crippen molar-refractivity contribution in [1.82, 2.24) is 15.0 Å². The Balaban J connectivity index is 1.65. The van der Waals surface area contributed by atoms with Gasteiger partial charge >= 0.3 is 0 Å². The molecule has 0 aliphatic rings. The van der Waals surface area contributed by atoms with Gasteiger partial charge in [-0.3, -0.25) is 14.8 Å². The number of pyridine rings is 1. The molecular formula is C21H16N4O. The molecule has 126 valence electrons. The summed E-state index contributed by atoms with van der Waals surface area (Å²) in [6.45, 7) is 0. The number of nitrogens with one attached hydrogen (secondary N) is 1. The van der Waals surface area contributed by atoms with Crippen molar-refractivity contribution in [3.8, 4) is 11.3 Å². The largest absolute Gasteiger partial charge is 0.324 e. The predicted molar refractivity (Wildman–Crippen MR) is 102 cm³/mol. The molecule has 1 N–H and O–H groups in total. The summed E-state index contributed by atoms with van der Waals surface area (Å²) in [5.74, 6) is -0.114. The minimum atomic E-state index is -0.114. The number of amides is 1. The Kier molecular flexibility index (Phi) is 4.35. The molecule has 0 fully saturated rings. The molecule has 0 aliphatic heterocycles. The van der Waals surface area contributed by atoms with Crippen molar-refractivity contribution in [3.05, 3.63) is 84.8 Å². The van der Waals surface area contributed by atoms with Crippen molar-refractivity contribution in [2.75, 3.05) is 5.32 Å². The maximum atomic E-state index is 12.4. The second-order valence-electron chi connectivity index (χ2n) is 5.87. The van der Waals surface area contributed by atoms with Crippen LogP contribution >= 0.6 is 0 Å². The lowest BCUT2D eigenvalue weighted by Gasteiger charge is -2.08. The molecule has 0 unspecified atom stereocenters. The molecule has 0 saturated carbocycles. The Labute approximate surface area is 150 Å². The molecule has 0 spiro atoms. The van der Waals surface area contributed by atoms with E-state index >= 15 is 0 Å². The van der Waals surface area contributed by atoms with Crippen LogP contribution in [0.1, 0.15) is 5.56 Å². The molecule has 2 aromatic carbocycles. The number of anilines is 1. The number of rotatable bonds is 4. The quantitative estimate of drug-likeness (QED) is 0.612. The molecule has 5 nitrogen and oxygen atoms in total. The fourth-order valence-corrected chi connectivity index (χ4v) is 2.80. The van der Waals surface area contributed by atoms with Crippen molar-refractivity contribution in [2.45, 2.75) is 6.42 Å². The Morgan fingerprint density at radius 3 is 2.62 bits per heavy atom. The number of para-hydroxylation sites is 1. The van der Waals surface area contributed by atoms with Crippen LogP contribution in [0.15, 0.2) is 79.3 Å². The second-order valence-corrected chi connectivity index (χ2v) is 5.87. The third-order valence-electron chi connectivity index (χ3n) is 4.02. The van der Waals surface area contributed by atoms with Crippen LogP contribution < -0.4 is 5.32 Å². The van der Waals surface area contributed by atoms with E-state index in [1.165, 1.54) is 0 Å². The van der Waals surface area contributed by atoms with E-state index in [9.17, 15) is 4.79 Å². The number of fused-ring (bicyclic) bond motifs is 1. The Bertz CT molecular complexity index is 1050. The van der Waals surface area contributed by atoms with Crippen molar-refractivity contribution in [3.63, 3.8) is 0 Å². The fourth-order valence-electron chi connectivity index (χ4n) is 2.80. The summed E-state index contributed by atoms with van der Waals surface area (Å²) in [5, 5.41) is 2.85. The number of carbonyl (C=O) groups is 1. The zero-order valence-corrected chi connectivity index (χ0v) is 14.0. The maximum absolute atomic E-state index is 12.4. The third kappa shape index (κ3) is 3.42. The molecule has 0 saturated heterocycles. The highest BCUT2D eigenvalue weighted by Gasteiger charge is 2.11. The summed E-state index contributed by atoms with van der Waals surface area (Å²) in [4.78, 5) is 25.7. The van der Waals surface area contributed by atoms with Gasteiger partial charge in [0, 0.05) is 11.8 Å². The Hall–Kier alpha value is -3.60. The Morgan fingerprint density at radius 1 is 0.923 bits per heavy atom. The van der Waals surface area contributed by atoms with Crippen LogP contribution in [-0.4, -0.2) is 20.9 Å². The lowest BCUT2D eigenvalue weighted by molar-refractivity contribution is -0.115. The molecule has 1 amide bonds. The van der Waals surface area contributed by atoms with Crippen molar-refractivity contribution in [1.29, 1.82) is 0 Å². The molecule has 4 rings (SSSR count). The molecule has 0 radical (unpaired) electrons. The molecular weight excluding hydrogens is 324 g/mol. The molecule has 0 aliphatic carbocycles. The van der Waals surface area contributed by atoms with E-state index in [1.807, 2.05) is 48.5 Å². The smallest absolute Gasteiger partial charge is 0.228 e. The molecule has 4 aromatic rings. The van der Waals surface area contributed by atoms with Crippen LogP contribution in [0.3, 0.4) is 0 Å². The summed E-state index contributed by atoms with van der Waals surface area (Å²) < 4.78 is 0. The predicted octanol–water partition coefficient (Wildman–Crippen LogP) is 3.87. The van der Waals surface area contributed by atoms with E-state index in [0.717, 1.165) is 27.9 Å². The molecule has 26 heavy (non-hydrogen) atoms. The highest BCUT2D eigenvalue weighted by Crippen LogP contribution is 2.21. The van der Waals surface area contributed by atoms with Gasteiger partial charge in [0.25, 0.3) is 0 Å². The number of nitrogens with zero attached hydrogens (tertiary/aromatic N) is 3. The fraction of sp³-hybridized carbons (Fsp3) is 0.0476. The molecule has 2 heterocycles. The topological polar surface area (TPSA) is 67.8 Å². The average Bonchev–Trinajstić information content (AvgIpc) is 2.69. The van der Waals surface area contributed by atoms with Gasteiger partial charge in [0.1, 0.15) is 0 Å². The van der Waals surface area contributed by atoms with Gasteiger partial charge < -0.3 is 5.32 Å². The van der Waals surface area contributed by atoms with Crippen LogP contribution in [0.4, 0.5) is 5.69 Å². The SMILES string of the molecule is O=C(Cc1cccc2ncc(-c3ccccc3)nc12)Nc1cccnc1. The van der Waals surface area contributed by atoms with Gasteiger partial charge in [0.05, 0.1) is 41.2 Å². The lowest BCUT2D eigenvalue weighted by Crippen LogP contribution is -2.15. The van der Waals surface area contributed by atoms with Crippen LogP contribution in [0.5, 0.6) is 0 Å². The average molecular weight is 340 g/mol. The van der Waals surface area contributed by atoms with Crippen molar-refractivity contribution >= 4 is 22.6 Å². The van der Waals surface area contributed by atoms with Gasteiger partial charge in [0.15, 0.2) is 0 Å². The first-order valence-corrected chi connectivity index (χ1v) is 8.29. The number of hydrogen-bond acceptors (Lipinski definition) is 4. The first-order chi connectivity index (χ1) is 12.8. The zero-order chi connectivity index (χ0) is 17.8. The number of hydrogen-bond donors (Lipinski definition) is 1. The van der Waals surface area contributed by atoms with Crippen LogP contribution in [0, 0.1) is 0 Å². The van der Waals surface area contributed by atoms with E-state index in [1.54, 1.807) is 30.7 Å². The Morgan fingerprint density at radius 2 is 1.81 bits per heavy atom. The van der Waals surface area contributed by atoms with Gasteiger partial charge in [-0.05, 0) is 23.8 Å². The molecule has 5 heteroatoms. The summed E-state index contributed by atoms with van der Waals surface area (Å²) in [5.41, 5.74) is 4.82. The normalized spacial score (nSPS) is 10.6. The summed E-state index contributed by atoms with van der Waals surface area (Å²) in [6, 6.07) is 19.2. The van der Waals surface area contributed by atoms with Gasteiger partial charge in [-0.25, -0.2) is 4.98 Å². The van der Waals surface area contributed by atoms with Gasteiger partial charge in [-0.1, -0.05) is 42.5 Å². The summed E-state index contributed by atoms with van der Waals surface area (Å²) >= 11 is 0. The minimum Gasteiger partial charge on any atom is -0.324 e. The monoisotopic (exact) mass is 340 g/mol.